The zero-order valence-electron chi connectivity index (χ0n) is 37.6. The molecule has 0 aromatic heterocycles. The molecule has 8 atom stereocenters. The van der Waals surface area contributed by atoms with Gasteiger partial charge in [-0.2, -0.15) is 0 Å². The van der Waals surface area contributed by atoms with Gasteiger partial charge in [0.05, 0.1) is 36.5 Å². The maximum absolute atomic E-state index is 14.3. The van der Waals surface area contributed by atoms with E-state index in [1.165, 1.54) is 7.11 Å². The molecule has 15 heteroatoms. The molecule has 1 saturated heterocycles. The van der Waals surface area contributed by atoms with E-state index in [4.69, 9.17) is 14.5 Å². The van der Waals surface area contributed by atoms with Gasteiger partial charge >= 0.3 is 0 Å². The molecule has 0 aliphatic carbocycles. The molecule has 0 saturated carbocycles. The Morgan fingerprint density at radius 1 is 0.931 bits per heavy atom. The Kier molecular flexibility index (Phi) is 20.8. The van der Waals surface area contributed by atoms with E-state index in [0.29, 0.717) is 38.2 Å². The fourth-order valence-corrected chi connectivity index (χ4v) is 9.24. The number of unbranched alkanes of at least 4 members (excludes halogenated alkanes) is 1. The van der Waals surface area contributed by atoms with E-state index in [9.17, 15) is 27.6 Å². The number of likely N-dealkylation sites (N-methyl/N-ethyl adjacent to an activating group) is 1. The predicted octanol–water partition coefficient (Wildman–Crippen LogP) is 4.47. The molecular formula is C43H74N6O8S. The molecule has 1 heterocycles. The second kappa shape index (κ2) is 23.9. The van der Waals surface area contributed by atoms with Crippen molar-refractivity contribution >= 4 is 39.5 Å². The summed E-state index contributed by atoms with van der Waals surface area (Å²) in [6.45, 7) is 12.1. The van der Waals surface area contributed by atoms with Crippen LogP contribution in [-0.2, 0) is 45.1 Å². The molecule has 1 aromatic carbocycles. The zero-order valence-corrected chi connectivity index (χ0v) is 38.4. The Balaban J connectivity index is 2.35. The zero-order chi connectivity index (χ0) is 43.9. The second-order valence-electron chi connectivity index (χ2n) is 16.7. The second-order valence-corrected chi connectivity index (χ2v) is 18.5. The number of likely N-dealkylation sites (tertiary alicyclic amines) is 1. The van der Waals surface area contributed by atoms with Crippen molar-refractivity contribution in [3.05, 3.63) is 35.9 Å². The van der Waals surface area contributed by atoms with Crippen molar-refractivity contribution in [2.45, 2.75) is 123 Å². The van der Waals surface area contributed by atoms with E-state index in [0.717, 1.165) is 12.0 Å². The van der Waals surface area contributed by atoms with Gasteiger partial charge in [-0.15, -0.1) is 0 Å². The van der Waals surface area contributed by atoms with Crippen LogP contribution in [0.15, 0.2) is 35.3 Å². The van der Waals surface area contributed by atoms with Gasteiger partial charge in [0.2, 0.25) is 27.7 Å². The molecule has 0 radical (unpaired) electrons. The maximum atomic E-state index is 14.3. The van der Waals surface area contributed by atoms with Gasteiger partial charge in [0.15, 0.2) is 5.96 Å². The standard InChI is InChI=1S/C43H74N6O8S/c1-14-16-25-58(54,55)45-41(52)33(26-32-21-18-17-19-22-32)27-35(50)31(6)40(57-13)34-23-20-24-49(34)37(51)28-36(56-12)39(30(5)15-2)48(11)42(53)38(29(3)4)44-43(46(7)8)47(9)10/h17-19,21-22,29-31,33-34,36,38-40H,14-16,20,23-28H2,1-13H3,(H,45,52)/t30-,31-,33+,34-,36+,38-,39-,40+/m0/s1. The summed E-state index contributed by atoms with van der Waals surface area (Å²) in [6.07, 6.45) is 1.85. The molecule has 0 bridgehead atoms. The van der Waals surface area contributed by atoms with Crippen LogP contribution in [0.1, 0.15) is 92.1 Å². The summed E-state index contributed by atoms with van der Waals surface area (Å²) >= 11 is 0. The van der Waals surface area contributed by atoms with Crippen LogP contribution in [0.4, 0.5) is 0 Å². The molecule has 3 amide bonds. The highest BCUT2D eigenvalue weighted by atomic mass is 32.2. The summed E-state index contributed by atoms with van der Waals surface area (Å²) in [5.41, 5.74) is 0.806. The molecule has 58 heavy (non-hydrogen) atoms. The van der Waals surface area contributed by atoms with Gasteiger partial charge in [0.1, 0.15) is 11.8 Å². The monoisotopic (exact) mass is 835 g/mol. The number of sulfonamides is 1. The van der Waals surface area contributed by atoms with Crippen molar-refractivity contribution in [1.82, 2.24) is 24.3 Å². The first-order valence-electron chi connectivity index (χ1n) is 20.9. The normalized spacial score (nSPS) is 18.0. The number of carbonyl (C=O) groups is 4. The van der Waals surface area contributed by atoms with E-state index in [1.807, 2.05) is 89.1 Å². The number of ketones is 1. The van der Waals surface area contributed by atoms with Gasteiger partial charge in [-0.05, 0) is 43.1 Å². The molecule has 1 aliphatic rings. The number of nitrogens with zero attached hydrogens (tertiary/aromatic N) is 5. The smallest absolute Gasteiger partial charge is 0.247 e. The van der Waals surface area contributed by atoms with Crippen LogP contribution in [0.2, 0.25) is 0 Å². The minimum Gasteiger partial charge on any atom is -0.379 e. The number of carbonyl (C=O) groups excluding carboxylic acids is 4. The number of guanidine groups is 1. The highest BCUT2D eigenvalue weighted by Gasteiger charge is 2.43. The number of amides is 3. The van der Waals surface area contributed by atoms with Crippen LogP contribution in [-0.4, -0.2) is 150 Å². The third-order valence-corrected chi connectivity index (χ3v) is 12.8. The number of rotatable bonds is 23. The molecule has 1 aromatic rings. The van der Waals surface area contributed by atoms with Crippen molar-refractivity contribution < 1.29 is 37.1 Å². The SMILES string of the molecule is CCCCS(=O)(=O)NC(=O)[C@@H](CC(=O)[C@H](C)[C@@H](OC)[C@@H]1CCCN1C(=O)C[C@@H](OC)[C@H]([C@@H](C)CC)N(C)C(=O)[C@@H](N=C(N(C)C)N(C)C)C(C)C)Cc1ccccc1. The van der Waals surface area contributed by atoms with Gasteiger partial charge in [-0.1, -0.05) is 84.7 Å². The van der Waals surface area contributed by atoms with Crippen LogP contribution < -0.4 is 4.72 Å². The quantitative estimate of drug-likeness (QED) is 0.123. The number of benzene rings is 1. The molecule has 2 rings (SSSR count). The van der Waals surface area contributed by atoms with Gasteiger partial charge in [-0.25, -0.2) is 13.4 Å². The molecular weight excluding hydrogens is 761 g/mol. The number of Topliss-reactive ketones (excluding diaryl/α,β-unsaturated/α-hetero) is 1. The van der Waals surface area contributed by atoms with Gasteiger partial charge in [0.25, 0.3) is 0 Å². The number of hydrogen-bond donors (Lipinski definition) is 1. The number of nitrogens with one attached hydrogen (secondary N) is 1. The number of aliphatic imine (C=N–C) groups is 1. The van der Waals surface area contributed by atoms with E-state index in [1.54, 1.807) is 30.9 Å². The van der Waals surface area contributed by atoms with Crippen molar-refractivity contribution in [2.75, 3.05) is 61.8 Å². The minimum absolute atomic E-state index is 0.00735. The third-order valence-electron chi connectivity index (χ3n) is 11.5. The van der Waals surface area contributed by atoms with E-state index in [2.05, 4.69) is 18.6 Å². The Morgan fingerprint density at radius 3 is 2.07 bits per heavy atom. The average Bonchev–Trinajstić information content (AvgIpc) is 3.66. The van der Waals surface area contributed by atoms with Crippen LogP contribution in [0, 0.1) is 23.7 Å². The molecule has 0 spiro atoms. The lowest BCUT2D eigenvalue weighted by atomic mass is 9.85. The third kappa shape index (κ3) is 14.3. The number of hydrogen-bond acceptors (Lipinski definition) is 9. The molecule has 0 unspecified atom stereocenters. The largest absolute Gasteiger partial charge is 0.379 e. The van der Waals surface area contributed by atoms with Crippen LogP contribution in [0.3, 0.4) is 0 Å². The predicted molar refractivity (Wildman–Crippen MR) is 230 cm³/mol. The van der Waals surface area contributed by atoms with Crippen LogP contribution in [0.25, 0.3) is 0 Å². The molecule has 1 aliphatic heterocycles. The lowest BCUT2D eigenvalue weighted by molar-refractivity contribution is -0.146. The molecule has 1 N–H and O–H groups in total. The highest BCUT2D eigenvalue weighted by Crippen LogP contribution is 2.31. The van der Waals surface area contributed by atoms with Crippen LogP contribution >= 0.6 is 0 Å². The Labute approximate surface area is 349 Å². The first kappa shape index (κ1) is 50.6. The molecule has 330 valence electrons. The fraction of sp³-hybridized carbons (Fsp3) is 0.744. The summed E-state index contributed by atoms with van der Waals surface area (Å²) in [5.74, 6) is -2.51. The summed E-state index contributed by atoms with van der Waals surface area (Å²) in [5, 5.41) is 0. The Hall–Kier alpha value is -3.56. The fourth-order valence-electron chi connectivity index (χ4n) is 8.00. The van der Waals surface area contributed by atoms with Crippen molar-refractivity contribution in [1.29, 1.82) is 0 Å². The first-order valence-corrected chi connectivity index (χ1v) is 22.5. The maximum Gasteiger partial charge on any atom is 0.247 e. The minimum atomic E-state index is -3.86. The van der Waals surface area contributed by atoms with E-state index >= 15 is 0 Å². The lowest BCUT2D eigenvalue weighted by Crippen LogP contribution is -2.55. The Bertz CT molecular complexity index is 1590. The van der Waals surface area contributed by atoms with E-state index in [-0.39, 0.29) is 54.4 Å². The lowest BCUT2D eigenvalue weighted by Gasteiger charge is -2.40. The molecule has 1 fully saturated rings. The summed E-state index contributed by atoms with van der Waals surface area (Å²) in [7, 11) is 8.55. The number of methoxy groups -OCH3 is 2. The van der Waals surface area contributed by atoms with Crippen LogP contribution in [0.5, 0.6) is 0 Å². The van der Waals surface area contributed by atoms with Crippen molar-refractivity contribution in [3.8, 4) is 0 Å². The summed E-state index contributed by atoms with van der Waals surface area (Å²) in [6, 6.07) is 7.70. The molecule has 14 nitrogen and oxygen atoms in total. The topological polar surface area (TPSA) is 158 Å². The van der Waals surface area contributed by atoms with Gasteiger partial charge in [0, 0.05) is 74.3 Å². The Morgan fingerprint density at radius 2 is 1.55 bits per heavy atom. The van der Waals surface area contributed by atoms with Gasteiger partial charge < -0.3 is 29.1 Å². The average molecular weight is 835 g/mol. The first-order chi connectivity index (χ1) is 27.2. The van der Waals surface area contributed by atoms with Gasteiger partial charge in [-0.3, -0.25) is 23.9 Å². The van der Waals surface area contributed by atoms with Crippen molar-refractivity contribution in [2.24, 2.45) is 28.7 Å². The number of ether oxygens (including phenoxy) is 2. The summed E-state index contributed by atoms with van der Waals surface area (Å²) < 4.78 is 39.7. The van der Waals surface area contributed by atoms with Crippen molar-refractivity contribution in [3.63, 3.8) is 0 Å². The highest BCUT2D eigenvalue weighted by molar-refractivity contribution is 7.90. The summed E-state index contributed by atoms with van der Waals surface area (Å²) in [4.78, 5) is 68.2. The van der Waals surface area contributed by atoms with E-state index < -0.39 is 58.1 Å².